The van der Waals surface area contributed by atoms with Crippen molar-refractivity contribution < 1.29 is 56.0 Å². The van der Waals surface area contributed by atoms with E-state index in [9.17, 15) is 27.6 Å². The predicted octanol–water partition coefficient (Wildman–Crippen LogP) is 3.75. The van der Waals surface area contributed by atoms with Crippen molar-refractivity contribution in [1.29, 1.82) is 0 Å². The van der Waals surface area contributed by atoms with Crippen molar-refractivity contribution in [2.45, 2.75) is 77.5 Å². The Kier molecular flexibility index (Phi) is 13.3. The molecule has 0 aromatic carbocycles. The molecule has 0 bridgehead atoms. The van der Waals surface area contributed by atoms with Crippen LogP contribution in [0.15, 0.2) is 24.4 Å². The summed E-state index contributed by atoms with van der Waals surface area (Å²) in [6.45, 7) is 6.13. The Hall–Kier alpha value is -3.39. The third-order valence-electron chi connectivity index (χ3n) is 5.81. The Morgan fingerprint density at radius 2 is 1.98 bits per heavy atom. The molecule has 1 amide bonds. The van der Waals surface area contributed by atoms with Gasteiger partial charge >= 0.3 is 18.1 Å². The molecule has 1 aromatic heterocycles. The molecular formula is C27H37F3N2O9. The summed E-state index contributed by atoms with van der Waals surface area (Å²) in [4.78, 5) is 41.4. The maximum Gasteiger partial charge on any atom is 0.409 e. The molecule has 11 nitrogen and oxygen atoms in total. The van der Waals surface area contributed by atoms with E-state index >= 15 is 0 Å². The number of allylic oxidation sites excluding steroid dienone is 1. The number of aromatic nitrogens is 1. The van der Waals surface area contributed by atoms with Gasteiger partial charge in [0.25, 0.3) is 5.91 Å². The fourth-order valence-electron chi connectivity index (χ4n) is 3.95. The van der Waals surface area contributed by atoms with Crippen LogP contribution >= 0.6 is 0 Å². The van der Waals surface area contributed by atoms with Crippen LogP contribution in [0, 0.1) is 5.92 Å². The number of alkyl halides is 3. The third-order valence-corrected chi connectivity index (χ3v) is 5.81. The highest BCUT2D eigenvalue weighted by molar-refractivity contribution is 5.98. The number of nitrogens with zero attached hydrogens (tertiary/aromatic N) is 1. The lowest BCUT2D eigenvalue weighted by Crippen LogP contribution is -2.46. The number of amides is 1. The molecule has 2 heterocycles. The van der Waals surface area contributed by atoms with Crippen LogP contribution in [0.3, 0.4) is 0 Å². The first-order chi connectivity index (χ1) is 19.3. The minimum Gasteiger partial charge on any atom is -0.493 e. The van der Waals surface area contributed by atoms with E-state index in [-0.39, 0.29) is 42.2 Å². The Balaban J connectivity index is 2.21. The molecule has 14 heteroatoms. The Morgan fingerprint density at radius 3 is 2.61 bits per heavy atom. The Bertz CT molecular complexity index is 1050. The summed E-state index contributed by atoms with van der Waals surface area (Å²) in [6, 6.07) is 0.353. The first kappa shape index (κ1) is 33.8. The number of hydrogen-bond acceptors (Lipinski definition) is 10. The van der Waals surface area contributed by atoms with Gasteiger partial charge in [0.1, 0.15) is 18.2 Å². The van der Waals surface area contributed by atoms with Gasteiger partial charge in [-0.3, -0.25) is 9.59 Å². The van der Waals surface area contributed by atoms with Crippen molar-refractivity contribution in [3.8, 4) is 11.5 Å². The fourth-order valence-corrected chi connectivity index (χ4v) is 3.95. The van der Waals surface area contributed by atoms with Crippen molar-refractivity contribution in [3.05, 3.63) is 30.1 Å². The number of ether oxygens (including phenoxy) is 6. The molecule has 1 saturated heterocycles. The molecule has 230 valence electrons. The molecule has 4 atom stereocenters. The largest absolute Gasteiger partial charge is 0.493 e. The van der Waals surface area contributed by atoms with E-state index in [1.54, 1.807) is 6.92 Å². The molecule has 1 aliphatic heterocycles. The minimum atomic E-state index is -4.48. The van der Waals surface area contributed by atoms with Gasteiger partial charge in [0, 0.05) is 31.9 Å². The molecule has 1 fully saturated rings. The average molecular weight is 591 g/mol. The zero-order valence-corrected chi connectivity index (χ0v) is 23.7. The molecule has 1 aromatic rings. The van der Waals surface area contributed by atoms with Gasteiger partial charge in [0.2, 0.25) is 6.79 Å². The number of pyridine rings is 1. The molecule has 0 unspecified atom stereocenters. The summed E-state index contributed by atoms with van der Waals surface area (Å²) < 4.78 is 70.3. The van der Waals surface area contributed by atoms with Crippen LogP contribution in [0.5, 0.6) is 11.5 Å². The van der Waals surface area contributed by atoms with Crippen LogP contribution in [0.4, 0.5) is 13.2 Å². The van der Waals surface area contributed by atoms with E-state index in [0.29, 0.717) is 19.4 Å². The average Bonchev–Trinajstić information content (AvgIpc) is 2.93. The second kappa shape index (κ2) is 16.2. The molecule has 1 aliphatic rings. The monoisotopic (exact) mass is 590 g/mol. The van der Waals surface area contributed by atoms with Crippen molar-refractivity contribution in [3.63, 3.8) is 0 Å². The smallest absolute Gasteiger partial charge is 0.409 e. The molecule has 0 radical (unpaired) electrons. The highest BCUT2D eigenvalue weighted by atomic mass is 19.4. The maximum absolute atomic E-state index is 13.2. The Labute approximate surface area is 236 Å². The van der Waals surface area contributed by atoms with E-state index in [4.69, 9.17) is 28.4 Å². The highest BCUT2D eigenvalue weighted by Gasteiger charge is 2.36. The van der Waals surface area contributed by atoms with Gasteiger partial charge < -0.3 is 33.7 Å². The lowest BCUT2D eigenvalue weighted by Gasteiger charge is -2.31. The highest BCUT2D eigenvalue weighted by Crippen LogP contribution is 2.30. The number of carbonyl (C=O) groups is 3. The van der Waals surface area contributed by atoms with Gasteiger partial charge in [-0.2, -0.15) is 13.2 Å². The number of methoxy groups -OCH3 is 1. The number of hydrogen-bond donors (Lipinski definition) is 1. The normalized spacial score (nSPS) is 21.9. The zero-order valence-electron chi connectivity index (χ0n) is 23.7. The van der Waals surface area contributed by atoms with Gasteiger partial charge in [-0.05, 0) is 32.1 Å². The topological polar surface area (TPSA) is 132 Å². The van der Waals surface area contributed by atoms with E-state index in [2.05, 4.69) is 10.3 Å². The second-order valence-corrected chi connectivity index (χ2v) is 9.70. The molecule has 0 aliphatic carbocycles. The van der Waals surface area contributed by atoms with Crippen LogP contribution in [0.2, 0.25) is 0 Å². The summed E-state index contributed by atoms with van der Waals surface area (Å²) in [5.41, 5.74) is -0.215. The molecule has 2 rings (SSSR count). The lowest BCUT2D eigenvalue weighted by molar-refractivity contribution is -0.167. The zero-order chi connectivity index (χ0) is 30.6. The number of halogens is 3. The Morgan fingerprint density at radius 1 is 1.24 bits per heavy atom. The first-order valence-electron chi connectivity index (χ1n) is 13.1. The number of esters is 2. The van der Waals surface area contributed by atoms with Crippen molar-refractivity contribution in [2.24, 2.45) is 5.92 Å². The van der Waals surface area contributed by atoms with Gasteiger partial charge in [0.15, 0.2) is 17.2 Å². The second-order valence-electron chi connectivity index (χ2n) is 9.70. The third kappa shape index (κ3) is 11.6. The van der Waals surface area contributed by atoms with Crippen LogP contribution < -0.4 is 14.8 Å². The summed E-state index contributed by atoms with van der Waals surface area (Å²) >= 11 is 0. The predicted molar refractivity (Wildman–Crippen MR) is 138 cm³/mol. The van der Waals surface area contributed by atoms with Crippen molar-refractivity contribution in [2.75, 3.05) is 27.1 Å². The summed E-state index contributed by atoms with van der Waals surface area (Å²) in [5.74, 6) is -1.91. The van der Waals surface area contributed by atoms with Crippen LogP contribution in [-0.2, 0) is 28.5 Å². The first-order valence-corrected chi connectivity index (χ1v) is 13.1. The summed E-state index contributed by atoms with van der Waals surface area (Å²) in [5, 5.41) is 2.60. The van der Waals surface area contributed by atoms with Crippen LogP contribution in [0.1, 0.15) is 57.4 Å². The van der Waals surface area contributed by atoms with E-state index in [1.807, 2.05) is 13.8 Å². The van der Waals surface area contributed by atoms with Gasteiger partial charge in [0.05, 0.1) is 19.8 Å². The van der Waals surface area contributed by atoms with Crippen molar-refractivity contribution >= 4 is 17.8 Å². The summed E-state index contributed by atoms with van der Waals surface area (Å²) in [7, 11) is 1.35. The van der Waals surface area contributed by atoms with E-state index < -0.39 is 55.2 Å². The minimum absolute atomic E-state index is 0.0746. The SMILES string of the molecule is COc1ccnc(C(=O)N[C@H]2CCC[C@H](OCC(C)C)[C@@H](OCC=CC(F)(F)F)[C@H](C)OC2=O)c1OCOC(C)=O. The molecule has 0 spiro atoms. The molecule has 41 heavy (non-hydrogen) atoms. The van der Waals surface area contributed by atoms with Gasteiger partial charge in [-0.15, -0.1) is 0 Å². The van der Waals surface area contributed by atoms with E-state index in [0.717, 1.165) is 6.08 Å². The standard InChI is InChI=1S/C27H37F3N2O9/c1-16(2)14-38-21-9-6-8-19(26(35)41-17(3)23(21)37-13-7-11-27(28,29)30)32-25(34)22-24(40-15-39-18(4)33)20(36-5)10-12-31-22/h7,10-12,16-17,19,21,23H,6,8-9,13-15H2,1-5H3,(H,32,34)/t17-,19-,21-,23-/m0/s1. The van der Waals surface area contributed by atoms with Crippen LogP contribution in [-0.4, -0.2) is 80.5 Å². The fraction of sp³-hybridized carbons (Fsp3) is 0.630. The van der Waals surface area contributed by atoms with Crippen LogP contribution in [0.25, 0.3) is 0 Å². The lowest BCUT2D eigenvalue weighted by atomic mass is 10.0. The number of carbonyl (C=O) groups excluding carboxylic acids is 3. The van der Waals surface area contributed by atoms with E-state index in [1.165, 1.54) is 26.3 Å². The summed E-state index contributed by atoms with van der Waals surface area (Å²) in [6.07, 6.45) is -3.64. The number of rotatable bonds is 12. The molecule has 1 N–H and O–H groups in total. The van der Waals surface area contributed by atoms with Crippen molar-refractivity contribution in [1.82, 2.24) is 10.3 Å². The number of nitrogens with one attached hydrogen (secondary N) is 1. The molecular weight excluding hydrogens is 553 g/mol. The van der Waals surface area contributed by atoms with Gasteiger partial charge in [-0.1, -0.05) is 19.9 Å². The van der Waals surface area contributed by atoms with Gasteiger partial charge in [-0.25, -0.2) is 9.78 Å². The molecule has 0 saturated carbocycles. The maximum atomic E-state index is 13.2. The quantitative estimate of drug-likeness (QED) is 0.218. The number of cyclic esters (lactones) is 1.